The number of hydrogen-bond acceptors (Lipinski definition) is 0. The second-order valence-corrected chi connectivity index (χ2v) is 4.36. The van der Waals surface area contributed by atoms with Crippen molar-refractivity contribution in [3.8, 4) is 0 Å². The Bertz CT molecular complexity index is 113. The fourth-order valence-electron chi connectivity index (χ4n) is 2.06. The number of unbranched alkanes of at least 4 members (excludes halogenated alkanes) is 1. The Morgan fingerprint density at radius 2 is 1.80 bits per heavy atom. The first-order chi connectivity index (χ1) is 4.60. The summed E-state index contributed by atoms with van der Waals surface area (Å²) in [6.07, 6.45) is 4.25. The summed E-state index contributed by atoms with van der Waals surface area (Å²) in [7, 11) is 0. The largest absolute Gasteiger partial charge is 0.0654 e. The Morgan fingerprint density at radius 3 is 2.10 bits per heavy atom. The molecule has 0 aromatic carbocycles. The fourth-order valence-corrected chi connectivity index (χ4v) is 2.06. The van der Waals surface area contributed by atoms with E-state index in [1.54, 1.807) is 0 Å². The molecule has 1 fully saturated rings. The monoisotopic (exact) mass is 140 g/mol. The molecule has 1 saturated carbocycles. The molecule has 60 valence electrons. The molecule has 1 rings (SSSR count). The summed E-state index contributed by atoms with van der Waals surface area (Å²) < 4.78 is 0. The van der Waals surface area contributed by atoms with E-state index in [4.69, 9.17) is 0 Å². The molecule has 0 amide bonds. The minimum atomic E-state index is 0.676. The average molecular weight is 140 g/mol. The lowest BCUT2D eigenvalue weighted by Crippen LogP contribution is -1.89. The molecule has 0 heteroatoms. The lowest BCUT2D eigenvalue weighted by Gasteiger charge is -1.99. The maximum atomic E-state index is 2.40. The molecule has 2 unspecified atom stereocenters. The van der Waals surface area contributed by atoms with Gasteiger partial charge in [0.15, 0.2) is 0 Å². The van der Waals surface area contributed by atoms with Gasteiger partial charge in [0.25, 0.3) is 0 Å². The van der Waals surface area contributed by atoms with Crippen molar-refractivity contribution in [3.63, 3.8) is 0 Å². The van der Waals surface area contributed by atoms with Gasteiger partial charge in [-0.3, -0.25) is 0 Å². The molecular formula is C10H20. The molecule has 0 N–H and O–H groups in total. The summed E-state index contributed by atoms with van der Waals surface area (Å²) in [4.78, 5) is 0. The predicted molar refractivity (Wildman–Crippen MR) is 46.0 cm³/mol. The highest BCUT2D eigenvalue weighted by Crippen LogP contribution is 2.59. The van der Waals surface area contributed by atoms with Gasteiger partial charge in [-0.2, -0.15) is 0 Å². The van der Waals surface area contributed by atoms with Crippen LogP contribution in [0.3, 0.4) is 0 Å². The highest BCUT2D eigenvalue weighted by Gasteiger charge is 2.53. The molecule has 0 saturated heterocycles. The summed E-state index contributed by atoms with van der Waals surface area (Å²) in [5.74, 6) is 2.02. The van der Waals surface area contributed by atoms with Crippen LogP contribution in [-0.4, -0.2) is 0 Å². The van der Waals surface area contributed by atoms with Crippen molar-refractivity contribution < 1.29 is 0 Å². The van der Waals surface area contributed by atoms with Gasteiger partial charge in [0.05, 0.1) is 0 Å². The summed E-state index contributed by atoms with van der Waals surface area (Å²) in [5.41, 5.74) is 0.676. The zero-order chi connectivity index (χ0) is 7.78. The Balaban J connectivity index is 2.22. The summed E-state index contributed by atoms with van der Waals surface area (Å²) in [5, 5.41) is 0. The van der Waals surface area contributed by atoms with Crippen LogP contribution in [0.15, 0.2) is 0 Å². The highest BCUT2D eigenvalue weighted by molar-refractivity contribution is 5.01. The molecule has 0 spiro atoms. The fraction of sp³-hybridized carbons (Fsp3) is 1.00. The van der Waals surface area contributed by atoms with E-state index in [1.165, 1.54) is 19.3 Å². The smallest absolute Gasteiger partial charge is 0.0295 e. The molecule has 1 aliphatic carbocycles. The Labute approximate surface area is 65.0 Å². The minimum absolute atomic E-state index is 0.676. The van der Waals surface area contributed by atoms with Gasteiger partial charge in [-0.15, -0.1) is 0 Å². The van der Waals surface area contributed by atoms with E-state index in [0.29, 0.717) is 5.41 Å². The van der Waals surface area contributed by atoms with Crippen molar-refractivity contribution in [2.24, 2.45) is 17.3 Å². The maximum Gasteiger partial charge on any atom is -0.0295 e. The summed E-state index contributed by atoms with van der Waals surface area (Å²) in [6, 6.07) is 0. The number of rotatable bonds is 3. The maximum absolute atomic E-state index is 2.40. The first-order valence-corrected chi connectivity index (χ1v) is 4.60. The molecule has 2 atom stereocenters. The molecule has 10 heavy (non-hydrogen) atoms. The zero-order valence-electron chi connectivity index (χ0n) is 7.78. The standard InChI is InChI=1S/C10H20/c1-5-6-7-9-8(2)10(9,3)4/h8-9H,5-7H2,1-4H3. The second-order valence-electron chi connectivity index (χ2n) is 4.36. The van der Waals surface area contributed by atoms with Crippen LogP contribution in [0.25, 0.3) is 0 Å². The van der Waals surface area contributed by atoms with Crippen molar-refractivity contribution in [2.45, 2.75) is 47.0 Å². The molecule has 0 aliphatic heterocycles. The van der Waals surface area contributed by atoms with Crippen LogP contribution in [0.2, 0.25) is 0 Å². The van der Waals surface area contributed by atoms with Crippen molar-refractivity contribution in [1.82, 2.24) is 0 Å². The molecule has 0 heterocycles. The molecule has 0 aromatic rings. The van der Waals surface area contributed by atoms with Crippen LogP contribution in [-0.2, 0) is 0 Å². The average Bonchev–Trinajstić information content (AvgIpc) is 2.31. The SMILES string of the molecule is CCCCC1C(C)C1(C)C. The second kappa shape index (κ2) is 2.56. The van der Waals surface area contributed by atoms with E-state index in [-0.39, 0.29) is 0 Å². The van der Waals surface area contributed by atoms with E-state index >= 15 is 0 Å². The van der Waals surface area contributed by atoms with Crippen molar-refractivity contribution >= 4 is 0 Å². The lowest BCUT2D eigenvalue weighted by atomic mass is 10.1. The third-order valence-corrected chi connectivity index (χ3v) is 3.49. The quantitative estimate of drug-likeness (QED) is 0.563. The van der Waals surface area contributed by atoms with Crippen molar-refractivity contribution in [3.05, 3.63) is 0 Å². The molecule has 0 radical (unpaired) electrons. The minimum Gasteiger partial charge on any atom is -0.0654 e. The van der Waals surface area contributed by atoms with Crippen LogP contribution >= 0.6 is 0 Å². The van der Waals surface area contributed by atoms with Crippen LogP contribution < -0.4 is 0 Å². The summed E-state index contributed by atoms with van der Waals surface area (Å²) >= 11 is 0. The molecule has 0 nitrogen and oxygen atoms in total. The molecule has 0 bridgehead atoms. The van der Waals surface area contributed by atoms with Gasteiger partial charge in [0.1, 0.15) is 0 Å². The Hall–Kier alpha value is 0. The van der Waals surface area contributed by atoms with Gasteiger partial charge in [0, 0.05) is 0 Å². The van der Waals surface area contributed by atoms with Crippen LogP contribution in [0.1, 0.15) is 47.0 Å². The third kappa shape index (κ3) is 1.21. The topological polar surface area (TPSA) is 0 Å². The van der Waals surface area contributed by atoms with Gasteiger partial charge in [-0.25, -0.2) is 0 Å². The Kier molecular flexibility index (Phi) is 2.07. The van der Waals surface area contributed by atoms with Gasteiger partial charge >= 0.3 is 0 Å². The van der Waals surface area contributed by atoms with Crippen molar-refractivity contribution in [2.75, 3.05) is 0 Å². The first-order valence-electron chi connectivity index (χ1n) is 4.60. The number of hydrogen-bond donors (Lipinski definition) is 0. The van der Waals surface area contributed by atoms with Gasteiger partial charge < -0.3 is 0 Å². The third-order valence-electron chi connectivity index (χ3n) is 3.49. The first kappa shape index (κ1) is 8.10. The Morgan fingerprint density at radius 1 is 1.30 bits per heavy atom. The summed E-state index contributed by atoms with van der Waals surface area (Å²) in [6.45, 7) is 9.47. The van der Waals surface area contributed by atoms with E-state index in [9.17, 15) is 0 Å². The molecule has 0 aromatic heterocycles. The van der Waals surface area contributed by atoms with E-state index < -0.39 is 0 Å². The van der Waals surface area contributed by atoms with Crippen molar-refractivity contribution in [1.29, 1.82) is 0 Å². The predicted octanol–water partition coefficient (Wildman–Crippen LogP) is 3.47. The van der Waals surface area contributed by atoms with Crippen LogP contribution in [0.4, 0.5) is 0 Å². The lowest BCUT2D eigenvalue weighted by molar-refractivity contribution is 0.512. The molecular weight excluding hydrogens is 120 g/mol. The normalized spacial score (nSPS) is 36.0. The van der Waals surface area contributed by atoms with Gasteiger partial charge in [-0.1, -0.05) is 40.5 Å². The van der Waals surface area contributed by atoms with Crippen LogP contribution in [0, 0.1) is 17.3 Å². The molecule has 1 aliphatic rings. The van der Waals surface area contributed by atoms with Crippen LogP contribution in [0.5, 0.6) is 0 Å². The van der Waals surface area contributed by atoms with E-state index in [2.05, 4.69) is 27.7 Å². The van der Waals surface area contributed by atoms with E-state index in [0.717, 1.165) is 11.8 Å². The van der Waals surface area contributed by atoms with Gasteiger partial charge in [-0.05, 0) is 23.7 Å². The van der Waals surface area contributed by atoms with Gasteiger partial charge in [0.2, 0.25) is 0 Å². The zero-order valence-corrected chi connectivity index (χ0v) is 7.78. The highest BCUT2D eigenvalue weighted by atomic mass is 14.6. The van der Waals surface area contributed by atoms with E-state index in [1.807, 2.05) is 0 Å².